The number of ketones is 1. The van der Waals surface area contributed by atoms with Gasteiger partial charge in [-0.2, -0.15) is 0 Å². The number of aromatic nitrogens is 1. The number of nitrogens with zero attached hydrogens (tertiary/aromatic N) is 1. The first kappa shape index (κ1) is 10.8. The van der Waals surface area contributed by atoms with Crippen molar-refractivity contribution in [3.8, 4) is 0 Å². The Kier molecular flexibility index (Phi) is 2.99. The van der Waals surface area contributed by atoms with Crippen LogP contribution in [0.5, 0.6) is 0 Å². The van der Waals surface area contributed by atoms with Crippen molar-refractivity contribution in [3.63, 3.8) is 0 Å². The Morgan fingerprint density at radius 1 is 1.56 bits per heavy atom. The fraction of sp³-hybridized carbons (Fsp3) is 0.417. The molecule has 1 unspecified atom stereocenters. The number of carbonyl (C=O) groups is 2. The van der Waals surface area contributed by atoms with Gasteiger partial charge < -0.3 is 4.74 Å². The normalized spacial score (nSPS) is 19.8. The van der Waals surface area contributed by atoms with Crippen molar-refractivity contribution < 1.29 is 14.3 Å². The number of esters is 1. The number of hydrogen-bond acceptors (Lipinski definition) is 4. The van der Waals surface area contributed by atoms with E-state index in [1.165, 1.54) is 7.11 Å². The summed E-state index contributed by atoms with van der Waals surface area (Å²) in [5.41, 5.74) is 1.63. The van der Waals surface area contributed by atoms with Crippen LogP contribution < -0.4 is 0 Å². The van der Waals surface area contributed by atoms with E-state index in [1.54, 1.807) is 12.4 Å². The van der Waals surface area contributed by atoms with E-state index < -0.39 is 0 Å². The first-order chi connectivity index (χ1) is 7.72. The quantitative estimate of drug-likeness (QED) is 0.529. The van der Waals surface area contributed by atoms with E-state index in [0.717, 1.165) is 12.0 Å². The third-order valence-corrected chi connectivity index (χ3v) is 2.94. The molecule has 0 saturated carbocycles. The van der Waals surface area contributed by atoms with E-state index in [4.69, 9.17) is 0 Å². The molecule has 1 aromatic heterocycles. The molecule has 16 heavy (non-hydrogen) atoms. The second kappa shape index (κ2) is 4.43. The summed E-state index contributed by atoms with van der Waals surface area (Å²) < 4.78 is 4.69. The van der Waals surface area contributed by atoms with Gasteiger partial charge in [0.15, 0.2) is 5.78 Å². The van der Waals surface area contributed by atoms with Crippen molar-refractivity contribution in [3.05, 3.63) is 29.6 Å². The smallest absolute Gasteiger partial charge is 0.309 e. The van der Waals surface area contributed by atoms with Gasteiger partial charge in [-0.05, 0) is 24.5 Å². The molecule has 0 aromatic carbocycles. The minimum atomic E-state index is -0.315. The zero-order valence-electron chi connectivity index (χ0n) is 9.10. The van der Waals surface area contributed by atoms with Crippen molar-refractivity contribution >= 4 is 11.8 Å². The second-order valence-electron chi connectivity index (χ2n) is 3.92. The third-order valence-electron chi connectivity index (χ3n) is 2.94. The van der Waals surface area contributed by atoms with Crippen LogP contribution in [-0.4, -0.2) is 23.8 Å². The van der Waals surface area contributed by atoms with Crippen LogP contribution >= 0.6 is 0 Å². The van der Waals surface area contributed by atoms with Gasteiger partial charge in [0.25, 0.3) is 0 Å². The lowest BCUT2D eigenvalue weighted by Gasteiger charge is -2.09. The van der Waals surface area contributed by atoms with Gasteiger partial charge in [-0.25, -0.2) is 0 Å². The molecular weight excluding hydrogens is 206 g/mol. The van der Waals surface area contributed by atoms with Crippen molar-refractivity contribution in [1.29, 1.82) is 0 Å². The summed E-state index contributed by atoms with van der Waals surface area (Å²) in [6.07, 6.45) is 4.87. The number of pyridine rings is 1. The number of hydrogen-bond donors (Lipinski definition) is 0. The first-order valence-corrected chi connectivity index (χ1v) is 5.26. The number of methoxy groups -OCH3 is 1. The molecule has 0 spiro atoms. The zero-order chi connectivity index (χ0) is 11.5. The molecule has 0 N–H and O–H groups in total. The van der Waals surface area contributed by atoms with Crippen LogP contribution in [0.4, 0.5) is 0 Å². The van der Waals surface area contributed by atoms with E-state index >= 15 is 0 Å². The summed E-state index contributed by atoms with van der Waals surface area (Å²) in [5, 5.41) is 0. The Morgan fingerprint density at radius 2 is 2.38 bits per heavy atom. The van der Waals surface area contributed by atoms with Gasteiger partial charge in [-0.1, -0.05) is 0 Å². The van der Waals surface area contributed by atoms with E-state index in [-0.39, 0.29) is 24.1 Å². The summed E-state index contributed by atoms with van der Waals surface area (Å²) in [7, 11) is 1.35. The molecule has 0 fully saturated rings. The van der Waals surface area contributed by atoms with Gasteiger partial charge in [-0.15, -0.1) is 0 Å². The lowest BCUT2D eigenvalue weighted by atomic mass is 9.99. The van der Waals surface area contributed by atoms with E-state index in [0.29, 0.717) is 12.0 Å². The Bertz CT molecular complexity index is 428. The Balaban J connectivity index is 2.26. The standard InChI is InChI=1S/C12H13NO3/c1-16-12(15)9-3-2-8-4-5-13-7-10(8)11(14)6-9/h4-5,7,9H,2-3,6H2,1H3. The lowest BCUT2D eigenvalue weighted by Crippen LogP contribution is -2.18. The van der Waals surface area contributed by atoms with Crippen molar-refractivity contribution in [1.82, 2.24) is 4.98 Å². The molecule has 0 radical (unpaired) electrons. The average Bonchev–Trinajstić information content (AvgIpc) is 2.49. The highest BCUT2D eigenvalue weighted by molar-refractivity contribution is 5.99. The molecule has 1 heterocycles. The fourth-order valence-electron chi connectivity index (χ4n) is 2.03. The summed E-state index contributed by atoms with van der Waals surface area (Å²) in [5.74, 6) is -0.630. The SMILES string of the molecule is COC(=O)C1CCc2ccncc2C(=O)C1. The maximum absolute atomic E-state index is 11.9. The molecule has 84 valence electrons. The molecule has 1 aliphatic carbocycles. The van der Waals surface area contributed by atoms with Gasteiger partial charge in [0.1, 0.15) is 0 Å². The second-order valence-corrected chi connectivity index (χ2v) is 3.92. The lowest BCUT2D eigenvalue weighted by molar-refractivity contribution is -0.145. The number of ether oxygens (including phenoxy) is 1. The maximum Gasteiger partial charge on any atom is 0.309 e. The Labute approximate surface area is 93.6 Å². The molecule has 4 heteroatoms. The maximum atomic E-state index is 11.9. The molecular formula is C12H13NO3. The highest BCUT2D eigenvalue weighted by atomic mass is 16.5. The third kappa shape index (κ3) is 1.96. The molecule has 0 saturated heterocycles. The van der Waals surface area contributed by atoms with Gasteiger partial charge in [0.2, 0.25) is 0 Å². The van der Waals surface area contributed by atoms with Crippen LogP contribution in [0.2, 0.25) is 0 Å². The predicted molar refractivity (Wildman–Crippen MR) is 57.0 cm³/mol. The molecule has 0 aliphatic heterocycles. The number of rotatable bonds is 1. The Hall–Kier alpha value is -1.71. The highest BCUT2D eigenvalue weighted by Gasteiger charge is 2.27. The average molecular weight is 219 g/mol. The van der Waals surface area contributed by atoms with Gasteiger partial charge in [0, 0.05) is 24.4 Å². The van der Waals surface area contributed by atoms with Crippen molar-refractivity contribution in [2.45, 2.75) is 19.3 Å². The number of aryl methyl sites for hydroxylation is 1. The fourth-order valence-corrected chi connectivity index (χ4v) is 2.03. The highest BCUT2D eigenvalue weighted by Crippen LogP contribution is 2.24. The van der Waals surface area contributed by atoms with Crippen LogP contribution in [0.3, 0.4) is 0 Å². The van der Waals surface area contributed by atoms with Crippen molar-refractivity contribution in [2.75, 3.05) is 7.11 Å². The van der Waals surface area contributed by atoms with E-state index in [9.17, 15) is 9.59 Å². The number of carbonyl (C=O) groups excluding carboxylic acids is 2. The van der Waals surface area contributed by atoms with Gasteiger partial charge in [0.05, 0.1) is 13.0 Å². The number of Topliss-reactive ketones (excluding diaryl/α,β-unsaturated/α-hetero) is 1. The molecule has 1 aliphatic rings. The molecule has 2 rings (SSSR count). The minimum Gasteiger partial charge on any atom is -0.469 e. The molecule has 4 nitrogen and oxygen atoms in total. The summed E-state index contributed by atoms with van der Waals surface area (Å²) in [6.45, 7) is 0. The zero-order valence-corrected chi connectivity index (χ0v) is 9.10. The van der Waals surface area contributed by atoms with Gasteiger partial charge >= 0.3 is 5.97 Å². The van der Waals surface area contributed by atoms with Crippen LogP contribution in [0.25, 0.3) is 0 Å². The predicted octanol–water partition coefficient (Wildman–Crippen LogP) is 1.39. The van der Waals surface area contributed by atoms with Gasteiger partial charge in [-0.3, -0.25) is 14.6 Å². The van der Waals surface area contributed by atoms with Crippen LogP contribution in [-0.2, 0) is 16.0 Å². The van der Waals surface area contributed by atoms with E-state index in [1.807, 2.05) is 6.07 Å². The van der Waals surface area contributed by atoms with Crippen LogP contribution in [0.15, 0.2) is 18.5 Å². The molecule has 1 aromatic rings. The summed E-state index contributed by atoms with van der Waals surface area (Å²) in [6, 6.07) is 1.84. The monoisotopic (exact) mass is 219 g/mol. The molecule has 0 amide bonds. The summed E-state index contributed by atoms with van der Waals surface area (Å²) >= 11 is 0. The Morgan fingerprint density at radius 3 is 3.12 bits per heavy atom. The largest absolute Gasteiger partial charge is 0.469 e. The van der Waals surface area contributed by atoms with Crippen LogP contribution in [0, 0.1) is 5.92 Å². The minimum absolute atomic E-state index is 0.0176. The topological polar surface area (TPSA) is 56.3 Å². The van der Waals surface area contributed by atoms with E-state index in [2.05, 4.69) is 9.72 Å². The molecule has 1 atom stereocenters. The van der Waals surface area contributed by atoms with Crippen molar-refractivity contribution in [2.24, 2.45) is 5.92 Å². The first-order valence-electron chi connectivity index (χ1n) is 5.26. The number of fused-ring (bicyclic) bond motifs is 1. The van der Waals surface area contributed by atoms with Crippen LogP contribution in [0.1, 0.15) is 28.8 Å². The summed E-state index contributed by atoms with van der Waals surface area (Å²) in [4.78, 5) is 27.3. The molecule has 0 bridgehead atoms.